The zero-order valence-corrected chi connectivity index (χ0v) is 10.3. The fraction of sp³-hybridized carbons (Fsp3) is 0.833. The fourth-order valence-corrected chi connectivity index (χ4v) is 3.02. The summed E-state index contributed by atoms with van der Waals surface area (Å²) in [7, 11) is 0. The molecule has 2 saturated carbocycles. The van der Waals surface area contributed by atoms with Crippen molar-refractivity contribution < 1.29 is 10.0 Å². The molecule has 0 saturated heterocycles. The molecule has 17 heavy (non-hydrogen) atoms. The molecule has 96 valence electrons. The van der Waals surface area contributed by atoms with Crippen molar-refractivity contribution in [2.45, 2.75) is 51.5 Å². The van der Waals surface area contributed by atoms with E-state index in [1.54, 1.807) is 0 Å². The Morgan fingerprint density at radius 3 is 2.47 bits per heavy atom. The van der Waals surface area contributed by atoms with Gasteiger partial charge in [-0.05, 0) is 31.6 Å². The van der Waals surface area contributed by atoms with Crippen molar-refractivity contribution in [2.75, 3.05) is 0 Å². The van der Waals surface area contributed by atoms with Gasteiger partial charge in [0.15, 0.2) is 5.84 Å². The molecule has 0 radical (unpaired) electrons. The lowest BCUT2D eigenvalue weighted by Gasteiger charge is -2.36. The van der Waals surface area contributed by atoms with Crippen LogP contribution in [-0.4, -0.2) is 23.0 Å². The van der Waals surface area contributed by atoms with Gasteiger partial charge in [0.2, 0.25) is 5.91 Å². The summed E-state index contributed by atoms with van der Waals surface area (Å²) in [5.41, 5.74) is 4.96. The summed E-state index contributed by atoms with van der Waals surface area (Å²) in [5, 5.41) is 14.9. The number of nitrogens with zero attached hydrogens (tertiary/aromatic N) is 1. The first-order valence-corrected chi connectivity index (χ1v) is 6.37. The molecule has 0 aliphatic heterocycles. The number of carbonyl (C=O) groups excluding carboxylic acids is 1. The van der Waals surface area contributed by atoms with Gasteiger partial charge < -0.3 is 16.3 Å². The van der Waals surface area contributed by atoms with Gasteiger partial charge >= 0.3 is 0 Å². The van der Waals surface area contributed by atoms with Gasteiger partial charge in [-0.2, -0.15) is 0 Å². The predicted molar refractivity (Wildman–Crippen MR) is 64.6 cm³/mol. The molecule has 0 heterocycles. The van der Waals surface area contributed by atoms with Crippen LogP contribution in [0.15, 0.2) is 5.16 Å². The minimum atomic E-state index is -0.756. The van der Waals surface area contributed by atoms with E-state index >= 15 is 0 Å². The van der Waals surface area contributed by atoms with E-state index in [-0.39, 0.29) is 17.8 Å². The molecule has 0 aromatic heterocycles. The van der Waals surface area contributed by atoms with Crippen molar-refractivity contribution in [3.05, 3.63) is 0 Å². The Kier molecular flexibility index (Phi) is 3.26. The van der Waals surface area contributed by atoms with Crippen LogP contribution in [0.5, 0.6) is 0 Å². The van der Waals surface area contributed by atoms with Crippen LogP contribution in [0.25, 0.3) is 0 Å². The summed E-state index contributed by atoms with van der Waals surface area (Å²) in [5.74, 6) is 0.714. The molecule has 5 nitrogen and oxygen atoms in total. The van der Waals surface area contributed by atoms with Crippen LogP contribution >= 0.6 is 0 Å². The van der Waals surface area contributed by atoms with Crippen LogP contribution < -0.4 is 11.1 Å². The van der Waals surface area contributed by atoms with Gasteiger partial charge in [0, 0.05) is 6.04 Å². The maximum absolute atomic E-state index is 12.3. The van der Waals surface area contributed by atoms with Gasteiger partial charge in [-0.3, -0.25) is 4.79 Å². The van der Waals surface area contributed by atoms with Crippen LogP contribution in [0.3, 0.4) is 0 Å². The number of amidine groups is 1. The third kappa shape index (κ3) is 2.10. The van der Waals surface area contributed by atoms with E-state index in [2.05, 4.69) is 17.4 Å². The molecule has 2 rings (SSSR count). The van der Waals surface area contributed by atoms with E-state index in [9.17, 15) is 4.79 Å². The Hall–Kier alpha value is -1.26. The Balaban J connectivity index is 2.03. The molecule has 0 aromatic rings. The average molecular weight is 239 g/mol. The third-order valence-corrected chi connectivity index (χ3v) is 4.20. The summed E-state index contributed by atoms with van der Waals surface area (Å²) < 4.78 is 0. The Morgan fingerprint density at radius 2 is 2.00 bits per heavy atom. The van der Waals surface area contributed by atoms with E-state index in [4.69, 9.17) is 10.9 Å². The fourth-order valence-electron chi connectivity index (χ4n) is 3.02. The second kappa shape index (κ2) is 4.55. The number of rotatable bonds is 3. The number of hydrogen-bond acceptors (Lipinski definition) is 3. The SMILES string of the molecule is CC1CC(NC(=O)C2(C(N)=NO)CCCC2)C1. The molecule has 0 unspecified atom stereocenters. The van der Waals surface area contributed by atoms with Crippen LogP contribution in [0.2, 0.25) is 0 Å². The second-order valence-electron chi connectivity index (χ2n) is 5.52. The van der Waals surface area contributed by atoms with E-state index < -0.39 is 5.41 Å². The van der Waals surface area contributed by atoms with Gasteiger partial charge in [-0.15, -0.1) is 0 Å². The van der Waals surface area contributed by atoms with Crippen molar-refractivity contribution in [1.82, 2.24) is 5.32 Å². The number of amides is 1. The van der Waals surface area contributed by atoms with Gasteiger partial charge in [-0.1, -0.05) is 24.9 Å². The van der Waals surface area contributed by atoms with Crippen LogP contribution in [-0.2, 0) is 4.79 Å². The van der Waals surface area contributed by atoms with Crippen LogP contribution in [0.1, 0.15) is 45.4 Å². The van der Waals surface area contributed by atoms with Crippen molar-refractivity contribution >= 4 is 11.7 Å². The van der Waals surface area contributed by atoms with Gasteiger partial charge in [-0.25, -0.2) is 0 Å². The summed E-state index contributed by atoms with van der Waals surface area (Å²) >= 11 is 0. The third-order valence-electron chi connectivity index (χ3n) is 4.20. The van der Waals surface area contributed by atoms with Gasteiger partial charge in [0.25, 0.3) is 0 Å². The lowest BCUT2D eigenvalue weighted by molar-refractivity contribution is -0.129. The maximum atomic E-state index is 12.3. The Morgan fingerprint density at radius 1 is 1.41 bits per heavy atom. The van der Waals surface area contributed by atoms with E-state index in [0.29, 0.717) is 18.8 Å². The molecule has 0 aromatic carbocycles. The number of nitrogens with one attached hydrogen (secondary N) is 1. The highest BCUT2D eigenvalue weighted by Gasteiger charge is 2.46. The molecule has 5 heteroatoms. The monoisotopic (exact) mass is 239 g/mol. The minimum absolute atomic E-state index is 0.0535. The first-order valence-electron chi connectivity index (χ1n) is 6.37. The molecule has 0 bridgehead atoms. The number of hydrogen-bond donors (Lipinski definition) is 3. The second-order valence-corrected chi connectivity index (χ2v) is 5.52. The molecule has 0 atom stereocenters. The van der Waals surface area contributed by atoms with Crippen LogP contribution in [0.4, 0.5) is 0 Å². The minimum Gasteiger partial charge on any atom is -0.409 e. The summed E-state index contributed by atoms with van der Waals surface area (Å²) in [6.07, 6.45) is 5.39. The normalized spacial score (nSPS) is 31.9. The molecular weight excluding hydrogens is 218 g/mol. The zero-order valence-electron chi connectivity index (χ0n) is 10.3. The molecule has 0 spiro atoms. The van der Waals surface area contributed by atoms with Crippen molar-refractivity contribution in [1.29, 1.82) is 0 Å². The smallest absolute Gasteiger partial charge is 0.234 e. The molecule has 2 fully saturated rings. The lowest BCUT2D eigenvalue weighted by Crippen LogP contribution is -2.53. The number of oxime groups is 1. The highest BCUT2D eigenvalue weighted by atomic mass is 16.4. The topological polar surface area (TPSA) is 87.7 Å². The Labute approximate surface area is 101 Å². The van der Waals surface area contributed by atoms with Crippen molar-refractivity contribution in [3.63, 3.8) is 0 Å². The highest BCUT2D eigenvalue weighted by molar-refractivity contribution is 6.07. The average Bonchev–Trinajstić information content (AvgIpc) is 2.76. The Bertz CT molecular complexity index is 329. The largest absolute Gasteiger partial charge is 0.409 e. The lowest BCUT2D eigenvalue weighted by atomic mass is 9.79. The summed E-state index contributed by atoms with van der Waals surface area (Å²) in [4.78, 5) is 12.3. The van der Waals surface area contributed by atoms with Gasteiger partial charge in [0.1, 0.15) is 5.41 Å². The molecule has 2 aliphatic carbocycles. The van der Waals surface area contributed by atoms with Gasteiger partial charge in [0.05, 0.1) is 0 Å². The first kappa shape index (κ1) is 12.2. The van der Waals surface area contributed by atoms with E-state index in [1.165, 1.54) is 0 Å². The van der Waals surface area contributed by atoms with E-state index in [0.717, 1.165) is 25.7 Å². The molecule has 4 N–H and O–H groups in total. The molecule has 2 aliphatic rings. The van der Waals surface area contributed by atoms with Crippen molar-refractivity contribution in [3.8, 4) is 0 Å². The maximum Gasteiger partial charge on any atom is 0.234 e. The van der Waals surface area contributed by atoms with Crippen LogP contribution in [0, 0.1) is 11.3 Å². The van der Waals surface area contributed by atoms with Crippen molar-refractivity contribution in [2.24, 2.45) is 22.2 Å². The summed E-state index contributed by atoms with van der Waals surface area (Å²) in [6.45, 7) is 2.18. The highest BCUT2D eigenvalue weighted by Crippen LogP contribution is 2.39. The predicted octanol–water partition coefficient (Wildman–Crippen LogP) is 1.21. The number of carbonyl (C=O) groups is 1. The zero-order chi connectivity index (χ0) is 12.5. The first-order chi connectivity index (χ1) is 8.08. The summed E-state index contributed by atoms with van der Waals surface area (Å²) in [6, 6.07) is 0.279. The molecular formula is C12H21N3O2. The quantitative estimate of drug-likeness (QED) is 0.299. The number of nitrogens with two attached hydrogens (primary N) is 1. The standard InChI is InChI=1S/C12H21N3O2/c1-8-6-9(7-8)14-11(16)12(10(13)15-17)4-2-3-5-12/h8-9,17H,2-7H2,1H3,(H2,13,15)(H,14,16). The molecule has 1 amide bonds. The van der Waals surface area contributed by atoms with E-state index in [1.807, 2.05) is 0 Å².